The van der Waals surface area contributed by atoms with Crippen LogP contribution in [0.1, 0.15) is 12.0 Å². The normalized spacial score (nSPS) is 20.2. The summed E-state index contributed by atoms with van der Waals surface area (Å²) in [4.78, 5) is 11.5. The number of fused-ring (bicyclic) bond motifs is 1. The van der Waals surface area contributed by atoms with Gasteiger partial charge < -0.3 is 15.3 Å². The lowest BCUT2D eigenvalue weighted by atomic mass is 9.96. The fourth-order valence-electron chi connectivity index (χ4n) is 1.89. The fraction of sp³-hybridized carbons (Fsp3) is 0.273. The van der Waals surface area contributed by atoms with Crippen LogP contribution in [0.3, 0.4) is 0 Å². The molecule has 1 aromatic rings. The van der Waals surface area contributed by atoms with E-state index in [0.29, 0.717) is 27.0 Å². The van der Waals surface area contributed by atoms with E-state index in [1.54, 1.807) is 12.1 Å². The molecule has 2 N–H and O–H groups in total. The van der Waals surface area contributed by atoms with E-state index in [-0.39, 0.29) is 6.42 Å². The van der Waals surface area contributed by atoms with Gasteiger partial charge in [-0.25, -0.2) is 4.79 Å². The van der Waals surface area contributed by atoms with Gasteiger partial charge in [-0.05, 0) is 12.1 Å². The summed E-state index contributed by atoms with van der Waals surface area (Å²) in [6.07, 6.45) is 0.192. The Morgan fingerprint density at radius 1 is 1.56 bits per heavy atom. The first kappa shape index (κ1) is 13.0. The van der Waals surface area contributed by atoms with Crippen LogP contribution in [0.4, 0.5) is 5.69 Å². The number of benzene rings is 1. The largest absolute Gasteiger partial charge is 0.467 e. The summed E-state index contributed by atoms with van der Waals surface area (Å²) < 4.78 is 4.65. The predicted octanol–water partition coefficient (Wildman–Crippen LogP) is 2.53. The molecule has 5 nitrogen and oxygen atoms in total. The lowest BCUT2D eigenvalue weighted by Crippen LogP contribution is -2.37. The molecule has 0 radical (unpaired) electrons. The highest BCUT2D eigenvalue weighted by Crippen LogP contribution is 2.34. The number of hydrogen-bond acceptors (Lipinski definition) is 5. The van der Waals surface area contributed by atoms with Crippen LogP contribution in [-0.2, 0) is 9.53 Å². The van der Waals surface area contributed by atoms with E-state index in [0.717, 1.165) is 0 Å². The summed E-state index contributed by atoms with van der Waals surface area (Å²) in [5.74, 6) is -0.446. The standard InChI is InChI=1S/C11H10Cl2N2O3/c1-18-11(16)9-4-8(15-17)10-6(13)2-5(12)3-7(10)14-9/h2-3,9,14,17H,4H2,1H3/b15-8-. The van der Waals surface area contributed by atoms with Crippen LogP contribution in [-0.4, -0.2) is 30.0 Å². The van der Waals surface area contributed by atoms with E-state index in [1.807, 2.05) is 0 Å². The number of nitrogens with one attached hydrogen (secondary N) is 1. The molecule has 0 aliphatic carbocycles. The number of anilines is 1. The van der Waals surface area contributed by atoms with Gasteiger partial charge in [-0.3, -0.25) is 0 Å². The first-order chi connectivity index (χ1) is 8.56. The zero-order valence-electron chi connectivity index (χ0n) is 9.41. The van der Waals surface area contributed by atoms with Crippen molar-refractivity contribution in [3.63, 3.8) is 0 Å². The van der Waals surface area contributed by atoms with E-state index in [1.165, 1.54) is 7.11 Å². The third kappa shape index (κ3) is 2.23. The molecular weight excluding hydrogens is 279 g/mol. The van der Waals surface area contributed by atoms with Crippen molar-refractivity contribution in [3.8, 4) is 0 Å². The molecule has 1 aliphatic heterocycles. The minimum atomic E-state index is -0.622. The maximum atomic E-state index is 11.5. The number of hydrogen-bond donors (Lipinski definition) is 2. The SMILES string of the molecule is COC(=O)C1C/C(=N/O)c2c(Cl)cc(Cl)cc2N1. The molecule has 1 heterocycles. The smallest absolute Gasteiger partial charge is 0.328 e. The molecule has 7 heteroatoms. The molecule has 0 saturated carbocycles. The first-order valence-corrected chi connectivity index (χ1v) is 5.87. The predicted molar refractivity (Wildman–Crippen MR) is 68.8 cm³/mol. The molecule has 0 aromatic heterocycles. The number of carbonyl (C=O) groups is 1. The van der Waals surface area contributed by atoms with E-state index in [9.17, 15) is 4.79 Å². The summed E-state index contributed by atoms with van der Waals surface area (Å²) in [7, 11) is 1.29. The molecule has 0 amide bonds. The highest BCUT2D eigenvalue weighted by Gasteiger charge is 2.31. The van der Waals surface area contributed by atoms with Crippen molar-refractivity contribution >= 4 is 40.6 Å². The quantitative estimate of drug-likeness (QED) is 0.473. The van der Waals surface area contributed by atoms with Gasteiger partial charge in [0, 0.05) is 22.7 Å². The molecule has 1 aliphatic rings. The van der Waals surface area contributed by atoms with Crippen LogP contribution in [0.2, 0.25) is 10.0 Å². The Kier molecular flexibility index (Phi) is 3.63. The van der Waals surface area contributed by atoms with Gasteiger partial charge >= 0.3 is 5.97 Å². The third-order valence-corrected chi connectivity index (χ3v) is 3.19. The molecule has 0 fully saturated rings. The van der Waals surface area contributed by atoms with Crippen molar-refractivity contribution in [3.05, 3.63) is 27.7 Å². The summed E-state index contributed by atoms with van der Waals surface area (Å²) in [6, 6.07) is 2.54. The average Bonchev–Trinajstić information content (AvgIpc) is 2.35. The molecule has 0 spiro atoms. The minimum Gasteiger partial charge on any atom is -0.467 e. The molecule has 18 heavy (non-hydrogen) atoms. The van der Waals surface area contributed by atoms with Crippen molar-refractivity contribution in [1.29, 1.82) is 0 Å². The molecule has 0 saturated heterocycles. The Morgan fingerprint density at radius 3 is 2.89 bits per heavy atom. The number of esters is 1. The Bertz CT molecular complexity index is 531. The molecule has 1 atom stereocenters. The lowest BCUT2D eigenvalue weighted by Gasteiger charge is -2.26. The summed E-state index contributed by atoms with van der Waals surface area (Å²) in [5.41, 5.74) is 1.41. The number of ether oxygens (including phenoxy) is 1. The first-order valence-electron chi connectivity index (χ1n) is 5.11. The van der Waals surface area contributed by atoms with Crippen LogP contribution in [0.15, 0.2) is 17.3 Å². The van der Waals surface area contributed by atoms with Gasteiger partial charge in [0.25, 0.3) is 0 Å². The lowest BCUT2D eigenvalue weighted by molar-refractivity contribution is -0.141. The van der Waals surface area contributed by atoms with Crippen LogP contribution < -0.4 is 5.32 Å². The molecule has 1 unspecified atom stereocenters. The summed E-state index contributed by atoms with van der Waals surface area (Å²) in [6.45, 7) is 0. The maximum Gasteiger partial charge on any atom is 0.328 e. The van der Waals surface area contributed by atoms with Crippen molar-refractivity contribution in [1.82, 2.24) is 0 Å². The van der Waals surface area contributed by atoms with Crippen LogP contribution >= 0.6 is 23.2 Å². The topological polar surface area (TPSA) is 70.9 Å². The van der Waals surface area contributed by atoms with Crippen molar-refractivity contribution in [2.24, 2.45) is 5.16 Å². The van der Waals surface area contributed by atoms with E-state index >= 15 is 0 Å². The zero-order chi connectivity index (χ0) is 13.3. The maximum absolute atomic E-state index is 11.5. The number of halogens is 2. The second-order valence-electron chi connectivity index (χ2n) is 3.78. The number of methoxy groups -OCH3 is 1. The molecular formula is C11H10Cl2N2O3. The van der Waals surface area contributed by atoms with Gasteiger partial charge in [-0.2, -0.15) is 0 Å². The number of oxime groups is 1. The van der Waals surface area contributed by atoms with Gasteiger partial charge in [0.05, 0.1) is 17.8 Å². The molecule has 1 aromatic carbocycles. The molecule has 96 valence electrons. The number of nitrogens with zero attached hydrogens (tertiary/aromatic N) is 1. The second-order valence-corrected chi connectivity index (χ2v) is 4.62. The minimum absolute atomic E-state index is 0.192. The number of rotatable bonds is 1. The highest BCUT2D eigenvalue weighted by atomic mass is 35.5. The zero-order valence-corrected chi connectivity index (χ0v) is 10.9. The van der Waals surface area contributed by atoms with Gasteiger partial charge in [-0.15, -0.1) is 0 Å². The summed E-state index contributed by atoms with van der Waals surface area (Å²) >= 11 is 11.9. The summed E-state index contributed by atoms with van der Waals surface area (Å²) in [5, 5.41) is 16.0. The third-order valence-electron chi connectivity index (χ3n) is 2.68. The van der Waals surface area contributed by atoms with Crippen LogP contribution in [0, 0.1) is 0 Å². The number of carbonyl (C=O) groups excluding carboxylic acids is 1. The Labute approximate surface area is 113 Å². The van der Waals surface area contributed by atoms with Crippen LogP contribution in [0.25, 0.3) is 0 Å². The van der Waals surface area contributed by atoms with E-state index in [4.69, 9.17) is 28.4 Å². The van der Waals surface area contributed by atoms with Gasteiger partial charge in [0.1, 0.15) is 6.04 Å². The highest BCUT2D eigenvalue weighted by molar-refractivity contribution is 6.38. The van der Waals surface area contributed by atoms with Crippen molar-refractivity contribution in [2.75, 3.05) is 12.4 Å². The Hall–Kier alpha value is -1.46. The molecule has 2 rings (SSSR count). The van der Waals surface area contributed by atoms with Crippen molar-refractivity contribution < 1.29 is 14.7 Å². The van der Waals surface area contributed by atoms with Crippen molar-refractivity contribution in [2.45, 2.75) is 12.5 Å². The van der Waals surface area contributed by atoms with E-state index < -0.39 is 12.0 Å². The van der Waals surface area contributed by atoms with Gasteiger partial charge in [-0.1, -0.05) is 28.4 Å². The van der Waals surface area contributed by atoms with Gasteiger partial charge in [0.2, 0.25) is 0 Å². The van der Waals surface area contributed by atoms with Crippen LogP contribution in [0.5, 0.6) is 0 Å². The second kappa shape index (κ2) is 5.04. The monoisotopic (exact) mass is 288 g/mol. The van der Waals surface area contributed by atoms with E-state index in [2.05, 4.69) is 15.2 Å². The van der Waals surface area contributed by atoms with Gasteiger partial charge in [0.15, 0.2) is 0 Å². The Balaban J connectivity index is 2.49. The fourth-order valence-corrected chi connectivity index (χ4v) is 2.49. The molecule has 0 bridgehead atoms. The Morgan fingerprint density at radius 2 is 2.28 bits per heavy atom. The average molecular weight is 289 g/mol.